The van der Waals surface area contributed by atoms with Gasteiger partial charge in [0.2, 0.25) is 0 Å². The number of rotatable bonds is 1. The van der Waals surface area contributed by atoms with E-state index in [1.54, 1.807) is 11.3 Å². The Balaban J connectivity index is 2.14. The first-order valence-corrected chi connectivity index (χ1v) is 6.43. The van der Waals surface area contributed by atoms with Crippen molar-refractivity contribution in [1.29, 1.82) is 5.26 Å². The van der Waals surface area contributed by atoms with Crippen LogP contribution in [0.2, 0.25) is 0 Å². The molecule has 2 aromatic rings. The molecule has 0 radical (unpaired) electrons. The van der Waals surface area contributed by atoms with Crippen molar-refractivity contribution in [1.82, 2.24) is 4.98 Å². The molecule has 84 valence electrons. The Bertz CT molecular complexity index is 632. The van der Waals surface area contributed by atoms with Crippen molar-refractivity contribution in [2.45, 2.75) is 25.7 Å². The van der Waals surface area contributed by atoms with Crippen molar-refractivity contribution < 1.29 is 0 Å². The summed E-state index contributed by atoms with van der Waals surface area (Å²) in [4.78, 5) is 5.97. The normalized spacial score (nSPS) is 13.0. The van der Waals surface area contributed by atoms with Gasteiger partial charge in [-0.25, -0.2) is 4.98 Å². The lowest BCUT2D eigenvalue weighted by molar-refractivity contribution is 0.680. The lowest BCUT2D eigenvalue weighted by Crippen LogP contribution is -2.13. The summed E-state index contributed by atoms with van der Waals surface area (Å²) in [7, 11) is 0. The average molecular weight is 240 g/mol. The molecule has 0 unspecified atom stereocenters. The van der Waals surface area contributed by atoms with Gasteiger partial charge in [0.1, 0.15) is 10.4 Å². The molecule has 0 N–H and O–H groups in total. The number of thiazole rings is 1. The highest BCUT2D eigenvalue weighted by atomic mass is 32.1. The maximum absolute atomic E-state index is 9.15. The first-order chi connectivity index (χ1) is 8.12. The number of nitriles is 1. The zero-order chi connectivity index (χ0) is 12.0. The van der Waals surface area contributed by atoms with Crippen LogP contribution in [0.25, 0.3) is 11.3 Å². The van der Waals surface area contributed by atoms with Crippen LogP contribution in [-0.2, 0) is 11.8 Å². The van der Waals surface area contributed by atoms with Crippen LogP contribution >= 0.6 is 11.3 Å². The standard InChI is InChI=1S/C14H12N2S/c1-14(2,8-15)13-16-12-10-6-4-3-5-9(10)7-11(12)17-13/h3-6H,7H2,1-2H3. The molecule has 17 heavy (non-hydrogen) atoms. The molecule has 0 fully saturated rings. The van der Waals surface area contributed by atoms with E-state index >= 15 is 0 Å². The minimum absolute atomic E-state index is 0.482. The minimum atomic E-state index is -0.482. The topological polar surface area (TPSA) is 36.7 Å². The van der Waals surface area contributed by atoms with Gasteiger partial charge in [0, 0.05) is 16.9 Å². The van der Waals surface area contributed by atoms with Gasteiger partial charge in [-0.3, -0.25) is 0 Å². The van der Waals surface area contributed by atoms with Crippen molar-refractivity contribution in [2.75, 3.05) is 0 Å². The molecule has 0 amide bonds. The van der Waals surface area contributed by atoms with Crippen LogP contribution in [0.5, 0.6) is 0 Å². The smallest absolute Gasteiger partial charge is 0.113 e. The van der Waals surface area contributed by atoms with Crippen molar-refractivity contribution >= 4 is 11.3 Å². The summed E-state index contributed by atoms with van der Waals surface area (Å²) in [6.45, 7) is 3.85. The van der Waals surface area contributed by atoms with E-state index in [4.69, 9.17) is 5.26 Å². The largest absolute Gasteiger partial charge is 0.239 e. The molecule has 3 heteroatoms. The summed E-state index contributed by atoms with van der Waals surface area (Å²) < 4.78 is 0. The molecular formula is C14H12N2S. The number of hydrogen-bond donors (Lipinski definition) is 0. The van der Waals surface area contributed by atoms with Gasteiger partial charge in [0.25, 0.3) is 0 Å². The summed E-state index contributed by atoms with van der Waals surface area (Å²) in [6, 6.07) is 10.7. The number of aromatic nitrogens is 1. The van der Waals surface area contributed by atoms with E-state index in [0.29, 0.717) is 0 Å². The summed E-state index contributed by atoms with van der Waals surface area (Å²) in [5, 5.41) is 10.1. The van der Waals surface area contributed by atoms with Crippen LogP contribution in [0, 0.1) is 11.3 Å². The zero-order valence-corrected chi connectivity index (χ0v) is 10.6. The third kappa shape index (κ3) is 1.49. The van der Waals surface area contributed by atoms with Crippen LogP contribution < -0.4 is 0 Å². The van der Waals surface area contributed by atoms with Crippen molar-refractivity contribution in [3.05, 3.63) is 39.7 Å². The van der Waals surface area contributed by atoms with E-state index in [9.17, 15) is 0 Å². The molecule has 0 atom stereocenters. The van der Waals surface area contributed by atoms with Crippen molar-refractivity contribution in [3.63, 3.8) is 0 Å². The van der Waals surface area contributed by atoms with Gasteiger partial charge in [0.15, 0.2) is 0 Å². The van der Waals surface area contributed by atoms with Crippen molar-refractivity contribution in [3.8, 4) is 17.3 Å². The second kappa shape index (κ2) is 3.41. The molecule has 1 aromatic carbocycles. The Labute approximate surface area is 105 Å². The van der Waals surface area contributed by atoms with Crippen LogP contribution in [0.15, 0.2) is 24.3 Å². The molecule has 0 spiro atoms. The second-order valence-corrected chi connectivity index (χ2v) is 5.95. The predicted molar refractivity (Wildman–Crippen MR) is 69.0 cm³/mol. The number of hydrogen-bond acceptors (Lipinski definition) is 3. The third-order valence-corrected chi connectivity index (χ3v) is 4.51. The maximum Gasteiger partial charge on any atom is 0.113 e. The average Bonchev–Trinajstić information content (AvgIpc) is 2.86. The van der Waals surface area contributed by atoms with Crippen LogP contribution in [-0.4, -0.2) is 4.98 Å². The molecule has 1 aliphatic rings. The fourth-order valence-corrected chi connectivity index (χ4v) is 3.23. The molecule has 0 aliphatic heterocycles. The highest BCUT2D eigenvalue weighted by molar-refractivity contribution is 7.12. The minimum Gasteiger partial charge on any atom is -0.239 e. The first kappa shape index (κ1) is 10.5. The lowest BCUT2D eigenvalue weighted by Gasteiger charge is -2.10. The second-order valence-electron chi connectivity index (χ2n) is 4.86. The molecule has 1 aliphatic carbocycles. The number of fused-ring (bicyclic) bond motifs is 3. The highest BCUT2D eigenvalue weighted by Crippen LogP contribution is 2.41. The number of nitrogens with zero attached hydrogens (tertiary/aromatic N) is 2. The molecule has 2 nitrogen and oxygen atoms in total. The van der Waals surface area contributed by atoms with E-state index in [0.717, 1.165) is 17.1 Å². The number of benzene rings is 1. The molecule has 0 saturated carbocycles. The van der Waals surface area contributed by atoms with Gasteiger partial charge >= 0.3 is 0 Å². The summed E-state index contributed by atoms with van der Waals surface area (Å²) in [5.74, 6) is 0. The van der Waals surface area contributed by atoms with Gasteiger partial charge in [0.05, 0.1) is 11.8 Å². The van der Waals surface area contributed by atoms with Gasteiger partial charge in [-0.2, -0.15) is 5.26 Å². The van der Waals surface area contributed by atoms with Crippen LogP contribution in [0.4, 0.5) is 0 Å². The van der Waals surface area contributed by atoms with E-state index in [1.807, 2.05) is 19.9 Å². The van der Waals surface area contributed by atoms with Gasteiger partial charge in [-0.1, -0.05) is 24.3 Å². The molecular weight excluding hydrogens is 228 g/mol. The predicted octanol–water partition coefficient (Wildman–Crippen LogP) is 3.52. The lowest BCUT2D eigenvalue weighted by atomic mass is 9.97. The van der Waals surface area contributed by atoms with Gasteiger partial charge < -0.3 is 0 Å². The summed E-state index contributed by atoms with van der Waals surface area (Å²) in [6.07, 6.45) is 0.963. The van der Waals surface area contributed by atoms with Crippen molar-refractivity contribution in [2.24, 2.45) is 0 Å². The maximum atomic E-state index is 9.15. The Morgan fingerprint density at radius 3 is 2.88 bits per heavy atom. The van der Waals surface area contributed by atoms with Gasteiger partial charge in [-0.15, -0.1) is 11.3 Å². The monoisotopic (exact) mass is 240 g/mol. The summed E-state index contributed by atoms with van der Waals surface area (Å²) in [5.41, 5.74) is 3.19. The molecule has 0 saturated heterocycles. The molecule has 1 aromatic heterocycles. The Morgan fingerprint density at radius 2 is 2.12 bits per heavy atom. The quantitative estimate of drug-likeness (QED) is 0.652. The van der Waals surface area contributed by atoms with Gasteiger partial charge in [-0.05, 0) is 19.4 Å². The summed E-state index contributed by atoms with van der Waals surface area (Å²) >= 11 is 1.68. The first-order valence-electron chi connectivity index (χ1n) is 5.61. The fraction of sp³-hybridized carbons (Fsp3) is 0.286. The van der Waals surface area contributed by atoms with E-state index in [1.165, 1.54) is 16.0 Å². The molecule has 3 rings (SSSR count). The zero-order valence-electron chi connectivity index (χ0n) is 9.82. The Morgan fingerprint density at radius 1 is 1.35 bits per heavy atom. The van der Waals surface area contributed by atoms with Crippen LogP contribution in [0.3, 0.4) is 0 Å². The third-order valence-electron chi connectivity index (χ3n) is 3.14. The highest BCUT2D eigenvalue weighted by Gasteiger charge is 2.29. The Kier molecular flexibility index (Phi) is 2.11. The van der Waals surface area contributed by atoms with E-state index in [-0.39, 0.29) is 0 Å². The SMILES string of the molecule is CC(C)(C#N)c1nc2c(s1)Cc1ccccc1-2. The van der Waals surface area contributed by atoms with Crippen LogP contribution in [0.1, 0.15) is 29.3 Å². The fourth-order valence-electron chi connectivity index (χ4n) is 2.08. The molecule has 1 heterocycles. The molecule has 0 bridgehead atoms. The van der Waals surface area contributed by atoms with E-state index < -0.39 is 5.41 Å². The Hall–Kier alpha value is -1.66. The van der Waals surface area contributed by atoms with E-state index in [2.05, 4.69) is 29.3 Å².